The van der Waals surface area contributed by atoms with Crippen molar-refractivity contribution in [2.24, 2.45) is 5.92 Å². The van der Waals surface area contributed by atoms with Crippen LogP contribution in [0.15, 0.2) is 42.5 Å². The van der Waals surface area contributed by atoms with E-state index < -0.39 is 17.9 Å². The van der Waals surface area contributed by atoms with Gasteiger partial charge in [-0.1, -0.05) is 26.0 Å². The summed E-state index contributed by atoms with van der Waals surface area (Å²) in [7, 11) is 0. The largest absolute Gasteiger partial charge is 0.490 e. The standard InChI is InChI=1S/C27H28N2O5/c1-16(2)12-22(29-26(31)18-6-3-4-7-19(18)27(29)32)23(30)15-21-20-14-25-24(33-10-5-11-34-25)13-17(20)8-9-28-21/h3-4,6-7,13-16,22,28H,5,8-12H2,1-2H3/t22-/m1/s1. The summed E-state index contributed by atoms with van der Waals surface area (Å²) < 4.78 is 11.7. The Hall–Kier alpha value is -3.61. The zero-order valence-corrected chi connectivity index (χ0v) is 19.4. The second kappa shape index (κ2) is 8.97. The van der Waals surface area contributed by atoms with Crippen LogP contribution < -0.4 is 14.8 Å². The maximum atomic E-state index is 13.6. The van der Waals surface area contributed by atoms with E-state index in [2.05, 4.69) is 5.32 Å². The predicted octanol–water partition coefficient (Wildman–Crippen LogP) is 3.61. The number of ketones is 1. The second-order valence-electron chi connectivity index (χ2n) is 9.31. The van der Waals surface area contributed by atoms with Crippen molar-refractivity contribution in [1.82, 2.24) is 10.2 Å². The second-order valence-corrected chi connectivity index (χ2v) is 9.31. The van der Waals surface area contributed by atoms with Gasteiger partial charge < -0.3 is 14.8 Å². The van der Waals surface area contributed by atoms with Crippen LogP contribution in [0.3, 0.4) is 0 Å². The molecule has 176 valence electrons. The van der Waals surface area contributed by atoms with Crippen LogP contribution in [0.2, 0.25) is 0 Å². The van der Waals surface area contributed by atoms with Crippen molar-refractivity contribution in [3.63, 3.8) is 0 Å². The Morgan fingerprint density at radius 3 is 2.32 bits per heavy atom. The zero-order valence-electron chi connectivity index (χ0n) is 19.4. The molecule has 2 aromatic carbocycles. The highest BCUT2D eigenvalue weighted by molar-refractivity contribution is 6.23. The summed E-state index contributed by atoms with van der Waals surface area (Å²) in [4.78, 5) is 41.0. The first-order valence-electron chi connectivity index (χ1n) is 11.8. The van der Waals surface area contributed by atoms with Crippen LogP contribution in [-0.2, 0) is 11.2 Å². The Labute approximate surface area is 198 Å². The van der Waals surface area contributed by atoms with Crippen molar-refractivity contribution in [1.29, 1.82) is 0 Å². The lowest BCUT2D eigenvalue weighted by atomic mass is 9.93. The fourth-order valence-electron chi connectivity index (χ4n) is 4.79. The topological polar surface area (TPSA) is 84.9 Å². The van der Waals surface area contributed by atoms with E-state index >= 15 is 0 Å². The Morgan fingerprint density at radius 2 is 1.68 bits per heavy atom. The van der Waals surface area contributed by atoms with Crippen molar-refractivity contribution in [2.45, 2.75) is 39.2 Å². The number of fused-ring (bicyclic) bond motifs is 3. The molecular formula is C27H28N2O5. The molecule has 1 atom stereocenters. The molecular weight excluding hydrogens is 432 g/mol. The maximum absolute atomic E-state index is 13.6. The summed E-state index contributed by atoms with van der Waals surface area (Å²) in [6.07, 6.45) is 3.54. The van der Waals surface area contributed by atoms with Crippen molar-refractivity contribution >= 4 is 23.3 Å². The minimum absolute atomic E-state index is 0.115. The molecule has 5 rings (SSSR count). The molecule has 0 unspecified atom stereocenters. The van der Waals surface area contributed by atoms with Gasteiger partial charge in [-0.05, 0) is 48.6 Å². The van der Waals surface area contributed by atoms with Gasteiger partial charge in [0, 0.05) is 30.3 Å². The molecule has 34 heavy (non-hydrogen) atoms. The molecule has 7 heteroatoms. The normalized spacial score (nSPS) is 18.9. The molecule has 3 aliphatic heterocycles. The number of nitrogens with one attached hydrogen (secondary N) is 1. The highest BCUT2D eigenvalue weighted by Crippen LogP contribution is 2.37. The Kier molecular flexibility index (Phi) is 5.86. The van der Waals surface area contributed by atoms with E-state index in [9.17, 15) is 14.4 Å². The van der Waals surface area contributed by atoms with Crippen molar-refractivity contribution in [2.75, 3.05) is 19.8 Å². The van der Waals surface area contributed by atoms with Crippen molar-refractivity contribution in [3.8, 4) is 11.5 Å². The van der Waals surface area contributed by atoms with Gasteiger partial charge in [0.15, 0.2) is 17.3 Å². The number of carbonyl (C=O) groups is 3. The number of ether oxygens (including phenoxy) is 2. The minimum atomic E-state index is -0.868. The minimum Gasteiger partial charge on any atom is -0.490 e. The Bertz CT molecular complexity index is 1160. The zero-order chi connectivity index (χ0) is 23.8. The molecule has 0 spiro atoms. The number of hydrogen-bond donors (Lipinski definition) is 1. The summed E-state index contributed by atoms with van der Waals surface area (Å²) in [6.45, 7) is 5.82. The quantitative estimate of drug-likeness (QED) is 0.542. The molecule has 0 saturated heterocycles. The SMILES string of the molecule is CC(C)C[C@H](C(=O)C=C1NCCc2cc3c(cc21)OCCCO3)N1C(=O)c2ccccc2C1=O. The lowest BCUT2D eigenvalue weighted by Gasteiger charge is -2.27. The van der Waals surface area contributed by atoms with Gasteiger partial charge in [-0.25, -0.2) is 0 Å². The Balaban J connectivity index is 1.50. The van der Waals surface area contributed by atoms with Crippen LogP contribution >= 0.6 is 0 Å². The molecule has 2 amide bonds. The number of rotatable bonds is 5. The van der Waals surface area contributed by atoms with E-state index in [1.807, 2.05) is 26.0 Å². The summed E-state index contributed by atoms with van der Waals surface area (Å²) in [6, 6.07) is 9.77. The fourth-order valence-corrected chi connectivity index (χ4v) is 4.79. The molecule has 0 aliphatic carbocycles. The highest BCUT2D eigenvalue weighted by Gasteiger charge is 2.42. The van der Waals surface area contributed by atoms with Gasteiger partial charge >= 0.3 is 0 Å². The average molecular weight is 461 g/mol. The molecule has 3 heterocycles. The highest BCUT2D eigenvalue weighted by atomic mass is 16.5. The smallest absolute Gasteiger partial charge is 0.262 e. The van der Waals surface area contributed by atoms with Gasteiger partial charge in [-0.3, -0.25) is 19.3 Å². The van der Waals surface area contributed by atoms with Gasteiger partial charge in [0.25, 0.3) is 11.8 Å². The maximum Gasteiger partial charge on any atom is 0.262 e. The van der Waals surface area contributed by atoms with Gasteiger partial charge in [0.05, 0.1) is 24.3 Å². The van der Waals surface area contributed by atoms with Crippen LogP contribution in [0.1, 0.15) is 58.5 Å². The fraction of sp³-hybridized carbons (Fsp3) is 0.370. The summed E-state index contributed by atoms with van der Waals surface area (Å²) in [5, 5.41) is 3.32. The molecule has 1 N–H and O–H groups in total. The summed E-state index contributed by atoms with van der Waals surface area (Å²) >= 11 is 0. The lowest BCUT2D eigenvalue weighted by molar-refractivity contribution is -0.118. The number of carbonyl (C=O) groups excluding carboxylic acids is 3. The van der Waals surface area contributed by atoms with Crippen LogP contribution in [0.5, 0.6) is 11.5 Å². The van der Waals surface area contributed by atoms with Gasteiger partial charge in [0.2, 0.25) is 0 Å². The number of hydrogen-bond acceptors (Lipinski definition) is 6. The van der Waals surface area contributed by atoms with E-state index in [1.165, 1.54) is 0 Å². The number of nitrogens with zero attached hydrogens (tertiary/aromatic N) is 1. The first-order valence-corrected chi connectivity index (χ1v) is 11.8. The summed E-state index contributed by atoms with van der Waals surface area (Å²) in [5.74, 6) is 0.414. The van der Waals surface area contributed by atoms with E-state index in [0.29, 0.717) is 48.8 Å². The third-order valence-corrected chi connectivity index (χ3v) is 6.42. The monoisotopic (exact) mass is 460 g/mol. The molecule has 0 fully saturated rings. The van der Waals surface area contributed by atoms with Crippen LogP contribution in [0, 0.1) is 5.92 Å². The van der Waals surface area contributed by atoms with Gasteiger partial charge in [0.1, 0.15) is 6.04 Å². The molecule has 0 radical (unpaired) electrons. The number of amides is 2. The van der Waals surface area contributed by atoms with Crippen LogP contribution in [0.4, 0.5) is 0 Å². The van der Waals surface area contributed by atoms with E-state index in [4.69, 9.17) is 9.47 Å². The average Bonchev–Trinajstić information content (AvgIpc) is 2.95. The molecule has 3 aliphatic rings. The van der Waals surface area contributed by atoms with Crippen molar-refractivity contribution < 1.29 is 23.9 Å². The van der Waals surface area contributed by atoms with Crippen LogP contribution in [-0.4, -0.2) is 48.3 Å². The molecule has 0 saturated carbocycles. The first-order chi connectivity index (χ1) is 16.4. The molecule has 7 nitrogen and oxygen atoms in total. The van der Waals surface area contributed by atoms with E-state index in [1.54, 1.807) is 30.3 Å². The molecule has 0 bridgehead atoms. The van der Waals surface area contributed by atoms with E-state index in [0.717, 1.165) is 34.6 Å². The first kappa shape index (κ1) is 22.2. The summed E-state index contributed by atoms with van der Waals surface area (Å²) in [5.41, 5.74) is 3.33. The van der Waals surface area contributed by atoms with E-state index in [-0.39, 0.29) is 11.7 Å². The lowest BCUT2D eigenvalue weighted by Crippen LogP contribution is -2.45. The number of benzene rings is 2. The third-order valence-electron chi connectivity index (χ3n) is 6.42. The molecule has 2 aromatic rings. The molecule has 0 aromatic heterocycles. The third kappa shape index (κ3) is 3.95. The Morgan fingerprint density at radius 1 is 1.03 bits per heavy atom. The predicted molar refractivity (Wildman–Crippen MR) is 127 cm³/mol. The number of imide groups is 1. The van der Waals surface area contributed by atoms with Gasteiger partial charge in [-0.2, -0.15) is 0 Å². The van der Waals surface area contributed by atoms with Crippen LogP contribution in [0.25, 0.3) is 5.70 Å². The van der Waals surface area contributed by atoms with Gasteiger partial charge in [-0.15, -0.1) is 0 Å². The van der Waals surface area contributed by atoms with Crippen molar-refractivity contribution in [3.05, 3.63) is 64.7 Å².